The molecule has 0 aliphatic rings. The SMILES string of the molecule is CCNc1cc(OCCC(C)(C)C)cc([N+](=O)[O-])c1. The predicted octanol–water partition coefficient (Wildman–Crippen LogP) is 3.84. The van der Waals surface area contributed by atoms with Gasteiger partial charge < -0.3 is 10.1 Å². The van der Waals surface area contributed by atoms with Crippen molar-refractivity contribution < 1.29 is 9.66 Å². The molecular formula is C14H22N2O3. The highest BCUT2D eigenvalue weighted by molar-refractivity contribution is 5.56. The van der Waals surface area contributed by atoms with Crippen molar-refractivity contribution in [2.75, 3.05) is 18.5 Å². The van der Waals surface area contributed by atoms with E-state index in [2.05, 4.69) is 26.1 Å². The minimum atomic E-state index is -0.405. The average Bonchev–Trinajstić information content (AvgIpc) is 2.27. The monoisotopic (exact) mass is 266 g/mol. The van der Waals surface area contributed by atoms with Gasteiger partial charge in [-0.15, -0.1) is 0 Å². The summed E-state index contributed by atoms with van der Waals surface area (Å²) in [5.74, 6) is 0.536. The van der Waals surface area contributed by atoms with Crippen LogP contribution in [-0.4, -0.2) is 18.1 Å². The van der Waals surface area contributed by atoms with Crippen LogP contribution in [0.5, 0.6) is 5.75 Å². The highest BCUT2D eigenvalue weighted by Crippen LogP contribution is 2.27. The number of nitrogens with zero attached hydrogens (tertiary/aromatic N) is 1. The van der Waals surface area contributed by atoms with Crippen LogP contribution in [0.4, 0.5) is 11.4 Å². The molecule has 0 atom stereocenters. The molecule has 0 unspecified atom stereocenters. The summed E-state index contributed by atoms with van der Waals surface area (Å²) >= 11 is 0. The Balaban J connectivity index is 2.78. The topological polar surface area (TPSA) is 64.4 Å². The number of benzene rings is 1. The van der Waals surface area contributed by atoms with E-state index in [1.165, 1.54) is 12.1 Å². The Bertz CT molecular complexity index is 439. The number of nitro groups is 1. The fourth-order valence-electron chi connectivity index (χ4n) is 1.55. The van der Waals surface area contributed by atoms with Crippen molar-refractivity contribution in [2.24, 2.45) is 5.41 Å². The Morgan fingerprint density at radius 1 is 1.32 bits per heavy atom. The number of non-ortho nitro benzene ring substituents is 1. The minimum absolute atomic E-state index is 0.0456. The number of rotatable bonds is 6. The van der Waals surface area contributed by atoms with Crippen molar-refractivity contribution in [3.8, 4) is 5.75 Å². The van der Waals surface area contributed by atoms with E-state index < -0.39 is 4.92 Å². The van der Waals surface area contributed by atoms with Gasteiger partial charge in [-0.25, -0.2) is 0 Å². The maximum atomic E-state index is 10.9. The van der Waals surface area contributed by atoms with E-state index in [1.807, 2.05) is 6.92 Å². The van der Waals surface area contributed by atoms with E-state index in [9.17, 15) is 10.1 Å². The van der Waals surface area contributed by atoms with Crippen LogP contribution in [0.25, 0.3) is 0 Å². The Morgan fingerprint density at radius 3 is 2.53 bits per heavy atom. The van der Waals surface area contributed by atoms with Gasteiger partial charge in [-0.1, -0.05) is 20.8 Å². The van der Waals surface area contributed by atoms with E-state index in [0.717, 1.165) is 6.42 Å². The molecule has 0 saturated heterocycles. The lowest BCUT2D eigenvalue weighted by Gasteiger charge is -2.18. The Hall–Kier alpha value is -1.78. The molecule has 1 N–H and O–H groups in total. The highest BCUT2D eigenvalue weighted by atomic mass is 16.6. The number of ether oxygens (including phenoxy) is 1. The largest absolute Gasteiger partial charge is 0.493 e. The predicted molar refractivity (Wildman–Crippen MR) is 76.8 cm³/mol. The fraction of sp³-hybridized carbons (Fsp3) is 0.571. The van der Waals surface area contributed by atoms with Crippen molar-refractivity contribution >= 4 is 11.4 Å². The number of anilines is 1. The number of hydrogen-bond donors (Lipinski definition) is 1. The first-order valence-electron chi connectivity index (χ1n) is 6.48. The zero-order valence-electron chi connectivity index (χ0n) is 12.0. The molecule has 1 rings (SSSR count). The third kappa shape index (κ3) is 5.59. The quantitative estimate of drug-likeness (QED) is 0.627. The lowest BCUT2D eigenvalue weighted by molar-refractivity contribution is -0.384. The lowest BCUT2D eigenvalue weighted by Crippen LogP contribution is -2.11. The Kier molecular flexibility index (Phi) is 5.15. The number of nitrogens with one attached hydrogen (secondary N) is 1. The van der Waals surface area contributed by atoms with Gasteiger partial charge in [0, 0.05) is 24.4 Å². The molecule has 0 aromatic heterocycles. The molecular weight excluding hydrogens is 244 g/mol. The van der Waals surface area contributed by atoms with Gasteiger partial charge in [-0.05, 0) is 18.8 Å². The van der Waals surface area contributed by atoms with Crippen molar-refractivity contribution in [2.45, 2.75) is 34.1 Å². The van der Waals surface area contributed by atoms with E-state index >= 15 is 0 Å². The molecule has 0 aliphatic carbocycles. The average molecular weight is 266 g/mol. The summed E-state index contributed by atoms with van der Waals surface area (Å²) in [7, 11) is 0. The second-order valence-corrected chi connectivity index (χ2v) is 5.66. The standard InChI is InChI=1S/C14H22N2O3/c1-5-15-11-8-12(16(17)18)10-13(9-11)19-7-6-14(2,3)4/h8-10,15H,5-7H2,1-4H3. The summed E-state index contributed by atoms with van der Waals surface area (Å²) in [6, 6.07) is 4.77. The molecule has 106 valence electrons. The first kappa shape index (κ1) is 15.3. The molecule has 0 bridgehead atoms. The van der Waals surface area contributed by atoms with Crippen LogP contribution in [0.1, 0.15) is 34.1 Å². The fourth-order valence-corrected chi connectivity index (χ4v) is 1.55. The normalized spacial score (nSPS) is 11.2. The highest BCUT2D eigenvalue weighted by Gasteiger charge is 2.13. The zero-order chi connectivity index (χ0) is 14.5. The van der Waals surface area contributed by atoms with Crippen molar-refractivity contribution in [1.29, 1.82) is 0 Å². The Morgan fingerprint density at radius 2 is 2.00 bits per heavy atom. The van der Waals surface area contributed by atoms with E-state index in [1.54, 1.807) is 6.07 Å². The maximum absolute atomic E-state index is 10.9. The molecule has 0 aliphatic heterocycles. The molecule has 1 aromatic rings. The van der Waals surface area contributed by atoms with Gasteiger partial charge in [-0.3, -0.25) is 10.1 Å². The van der Waals surface area contributed by atoms with Crippen molar-refractivity contribution in [1.82, 2.24) is 0 Å². The zero-order valence-corrected chi connectivity index (χ0v) is 12.0. The van der Waals surface area contributed by atoms with Crippen LogP contribution < -0.4 is 10.1 Å². The maximum Gasteiger partial charge on any atom is 0.275 e. The summed E-state index contributed by atoms with van der Waals surface area (Å²) in [4.78, 5) is 10.5. The van der Waals surface area contributed by atoms with Gasteiger partial charge in [0.25, 0.3) is 5.69 Å². The first-order valence-corrected chi connectivity index (χ1v) is 6.48. The molecule has 1 aromatic carbocycles. The van der Waals surface area contributed by atoms with Gasteiger partial charge in [-0.2, -0.15) is 0 Å². The van der Waals surface area contributed by atoms with Gasteiger partial charge in [0.15, 0.2) is 0 Å². The van der Waals surface area contributed by atoms with Gasteiger partial charge >= 0.3 is 0 Å². The molecule has 19 heavy (non-hydrogen) atoms. The molecule has 5 nitrogen and oxygen atoms in total. The van der Waals surface area contributed by atoms with Gasteiger partial charge in [0.2, 0.25) is 0 Å². The minimum Gasteiger partial charge on any atom is -0.493 e. The molecule has 0 amide bonds. The molecule has 0 heterocycles. The van der Waals surface area contributed by atoms with Crippen LogP contribution in [0.3, 0.4) is 0 Å². The van der Waals surface area contributed by atoms with Crippen LogP contribution in [0, 0.1) is 15.5 Å². The van der Waals surface area contributed by atoms with Gasteiger partial charge in [0.1, 0.15) is 5.75 Å². The van der Waals surface area contributed by atoms with Crippen molar-refractivity contribution in [3.63, 3.8) is 0 Å². The molecule has 0 saturated carbocycles. The third-order valence-electron chi connectivity index (χ3n) is 2.60. The summed E-state index contributed by atoms with van der Waals surface area (Å²) in [6.45, 7) is 9.60. The number of hydrogen-bond acceptors (Lipinski definition) is 4. The van der Waals surface area contributed by atoms with Crippen LogP contribution >= 0.6 is 0 Å². The summed E-state index contributed by atoms with van der Waals surface area (Å²) in [5, 5.41) is 13.9. The smallest absolute Gasteiger partial charge is 0.275 e. The first-order chi connectivity index (χ1) is 8.81. The summed E-state index contributed by atoms with van der Waals surface area (Å²) < 4.78 is 5.62. The lowest BCUT2D eigenvalue weighted by atomic mass is 9.93. The molecule has 0 radical (unpaired) electrons. The third-order valence-corrected chi connectivity index (χ3v) is 2.60. The molecule has 0 fully saturated rings. The molecule has 0 spiro atoms. The Labute approximate surface area is 114 Å². The van der Waals surface area contributed by atoms with E-state index in [0.29, 0.717) is 24.6 Å². The number of nitro benzene ring substituents is 1. The second kappa shape index (κ2) is 6.41. The van der Waals surface area contributed by atoms with Crippen LogP contribution in [0.15, 0.2) is 18.2 Å². The van der Waals surface area contributed by atoms with Crippen LogP contribution in [-0.2, 0) is 0 Å². The second-order valence-electron chi connectivity index (χ2n) is 5.66. The van der Waals surface area contributed by atoms with Crippen molar-refractivity contribution in [3.05, 3.63) is 28.3 Å². The summed E-state index contributed by atoms with van der Waals surface area (Å²) in [6.07, 6.45) is 0.895. The van der Waals surface area contributed by atoms with E-state index in [4.69, 9.17) is 4.74 Å². The van der Waals surface area contributed by atoms with Crippen LogP contribution in [0.2, 0.25) is 0 Å². The van der Waals surface area contributed by atoms with Gasteiger partial charge in [0.05, 0.1) is 17.6 Å². The van der Waals surface area contributed by atoms with E-state index in [-0.39, 0.29) is 11.1 Å². The summed E-state index contributed by atoms with van der Waals surface area (Å²) in [5.41, 5.74) is 0.942. The molecule has 5 heteroatoms.